The van der Waals surface area contributed by atoms with Crippen LogP contribution in [0.3, 0.4) is 0 Å². The fraction of sp³-hybridized carbons (Fsp3) is 0.0952. The van der Waals surface area contributed by atoms with Gasteiger partial charge in [0.2, 0.25) is 0 Å². The number of hydrogen-bond acceptors (Lipinski definition) is 3. The lowest BCUT2D eigenvalue weighted by molar-refractivity contribution is 0.282. The van der Waals surface area contributed by atoms with Crippen molar-refractivity contribution in [1.82, 2.24) is 9.97 Å². The van der Waals surface area contributed by atoms with E-state index in [1.54, 1.807) is 0 Å². The van der Waals surface area contributed by atoms with Crippen LogP contribution in [0.15, 0.2) is 73.1 Å². The summed E-state index contributed by atoms with van der Waals surface area (Å²) in [4.78, 5) is 7.49. The third kappa shape index (κ3) is 3.25. The fourth-order valence-corrected chi connectivity index (χ4v) is 3.00. The molecule has 0 aliphatic carbocycles. The van der Waals surface area contributed by atoms with Crippen LogP contribution in [0.2, 0.25) is 0 Å². The summed E-state index contributed by atoms with van der Waals surface area (Å²) in [6.45, 7) is 0.800. The van der Waals surface area contributed by atoms with Crippen molar-refractivity contribution in [2.24, 2.45) is 0 Å². The first-order valence-corrected chi connectivity index (χ1v) is 8.28. The summed E-state index contributed by atoms with van der Waals surface area (Å²) in [6.07, 6.45) is 3.75. The van der Waals surface area contributed by atoms with Crippen molar-refractivity contribution in [2.45, 2.75) is 13.2 Å². The fourth-order valence-electron chi connectivity index (χ4n) is 3.00. The van der Waals surface area contributed by atoms with Crippen LogP contribution >= 0.6 is 0 Å². The van der Waals surface area contributed by atoms with Crippen molar-refractivity contribution >= 4 is 16.7 Å². The monoisotopic (exact) mass is 329 g/mol. The molecule has 0 saturated carbocycles. The molecule has 25 heavy (non-hydrogen) atoms. The smallest absolute Gasteiger partial charge is 0.137 e. The van der Waals surface area contributed by atoms with E-state index in [-0.39, 0.29) is 6.61 Å². The lowest BCUT2D eigenvalue weighted by Crippen LogP contribution is -1.99. The Kier molecular flexibility index (Phi) is 4.19. The van der Waals surface area contributed by atoms with E-state index in [2.05, 4.69) is 45.6 Å². The van der Waals surface area contributed by atoms with Gasteiger partial charge in [-0.1, -0.05) is 36.4 Å². The van der Waals surface area contributed by atoms with Gasteiger partial charge in [-0.15, -0.1) is 0 Å². The van der Waals surface area contributed by atoms with Gasteiger partial charge in [0.05, 0.1) is 6.61 Å². The van der Waals surface area contributed by atoms with Crippen molar-refractivity contribution in [1.29, 1.82) is 0 Å². The van der Waals surface area contributed by atoms with E-state index >= 15 is 0 Å². The van der Waals surface area contributed by atoms with Gasteiger partial charge in [-0.05, 0) is 46.5 Å². The highest BCUT2D eigenvalue weighted by Gasteiger charge is 2.05. The van der Waals surface area contributed by atoms with E-state index in [0.29, 0.717) is 0 Å². The molecular formula is C21H19N3O. The number of anilines is 1. The molecule has 0 radical (unpaired) electrons. The lowest BCUT2D eigenvalue weighted by atomic mass is 10.0. The van der Waals surface area contributed by atoms with Gasteiger partial charge >= 0.3 is 0 Å². The van der Waals surface area contributed by atoms with Gasteiger partial charge in [0.1, 0.15) is 5.65 Å². The van der Waals surface area contributed by atoms with Gasteiger partial charge in [0.25, 0.3) is 0 Å². The van der Waals surface area contributed by atoms with Crippen LogP contribution in [-0.2, 0) is 13.2 Å². The number of aliphatic hydroxyl groups is 1. The molecule has 0 bridgehead atoms. The average Bonchev–Trinajstić information content (AvgIpc) is 3.16. The molecule has 2 aromatic heterocycles. The first-order valence-electron chi connectivity index (χ1n) is 8.28. The summed E-state index contributed by atoms with van der Waals surface area (Å²) in [5.41, 5.74) is 6.40. The summed E-state index contributed by atoms with van der Waals surface area (Å²) >= 11 is 0. The van der Waals surface area contributed by atoms with Gasteiger partial charge in [-0.3, -0.25) is 0 Å². The van der Waals surface area contributed by atoms with Crippen molar-refractivity contribution < 1.29 is 5.11 Å². The number of hydrogen-bond donors (Lipinski definition) is 3. The van der Waals surface area contributed by atoms with Crippen LogP contribution < -0.4 is 5.32 Å². The minimum Gasteiger partial charge on any atom is -0.392 e. The van der Waals surface area contributed by atoms with Crippen LogP contribution in [0.5, 0.6) is 0 Å². The number of nitrogens with zero attached hydrogens (tertiary/aromatic N) is 1. The molecule has 0 atom stereocenters. The van der Waals surface area contributed by atoms with Gasteiger partial charge < -0.3 is 15.4 Å². The van der Waals surface area contributed by atoms with Gasteiger partial charge in [0.15, 0.2) is 0 Å². The molecule has 2 aromatic carbocycles. The Morgan fingerprint density at radius 3 is 2.68 bits per heavy atom. The summed E-state index contributed by atoms with van der Waals surface area (Å²) in [5, 5.41) is 13.7. The van der Waals surface area contributed by atoms with E-state index in [4.69, 9.17) is 0 Å². The SMILES string of the molecule is OCc1cccc(NCc2ccc(-c3ccnc4[nH]ccc34)cc2)c1. The molecule has 0 aliphatic heterocycles. The molecule has 0 amide bonds. The Morgan fingerprint density at radius 2 is 1.84 bits per heavy atom. The van der Waals surface area contributed by atoms with Crippen LogP contribution in [0.25, 0.3) is 22.2 Å². The maximum Gasteiger partial charge on any atom is 0.137 e. The summed E-state index contributed by atoms with van der Waals surface area (Å²) < 4.78 is 0. The molecule has 0 spiro atoms. The lowest BCUT2D eigenvalue weighted by Gasteiger charge is -2.09. The molecule has 4 nitrogen and oxygen atoms in total. The van der Waals surface area contributed by atoms with Crippen LogP contribution in [0.1, 0.15) is 11.1 Å². The standard InChI is InChI=1S/C21H19N3O/c25-14-16-2-1-3-18(12-16)24-13-15-4-6-17(7-5-15)19-8-10-22-21-20(19)9-11-23-21/h1-12,24-25H,13-14H2,(H,22,23). The zero-order valence-corrected chi connectivity index (χ0v) is 13.7. The number of benzene rings is 2. The molecule has 0 fully saturated rings. The number of pyridine rings is 1. The molecule has 2 heterocycles. The number of aromatic nitrogens is 2. The first-order chi connectivity index (χ1) is 12.3. The molecule has 4 aromatic rings. The average molecular weight is 329 g/mol. The second kappa shape index (κ2) is 6.79. The highest BCUT2D eigenvalue weighted by atomic mass is 16.3. The number of aliphatic hydroxyl groups excluding tert-OH is 1. The van der Waals surface area contributed by atoms with Crippen molar-refractivity contribution in [3.8, 4) is 11.1 Å². The molecule has 0 aliphatic rings. The van der Waals surface area contributed by atoms with Crippen molar-refractivity contribution in [2.75, 3.05) is 5.32 Å². The van der Waals surface area contributed by atoms with E-state index in [0.717, 1.165) is 28.8 Å². The highest BCUT2D eigenvalue weighted by Crippen LogP contribution is 2.27. The summed E-state index contributed by atoms with van der Waals surface area (Å²) in [5.74, 6) is 0. The number of aromatic amines is 1. The largest absolute Gasteiger partial charge is 0.392 e. The van der Waals surface area contributed by atoms with Gasteiger partial charge in [-0.2, -0.15) is 0 Å². The Morgan fingerprint density at radius 1 is 0.960 bits per heavy atom. The maximum atomic E-state index is 9.21. The second-order valence-electron chi connectivity index (χ2n) is 6.01. The number of H-pyrrole nitrogens is 1. The van der Waals surface area contributed by atoms with Crippen molar-refractivity contribution in [3.63, 3.8) is 0 Å². The van der Waals surface area contributed by atoms with Crippen LogP contribution in [0, 0.1) is 0 Å². The minimum absolute atomic E-state index is 0.0593. The number of nitrogens with one attached hydrogen (secondary N) is 2. The van der Waals surface area contributed by atoms with E-state index in [1.165, 1.54) is 16.7 Å². The zero-order valence-electron chi connectivity index (χ0n) is 13.7. The Bertz CT molecular complexity index is 989. The van der Waals surface area contributed by atoms with Gasteiger partial charge in [-0.25, -0.2) is 4.98 Å². The molecule has 0 unspecified atom stereocenters. The molecule has 4 heteroatoms. The maximum absolute atomic E-state index is 9.21. The van der Waals surface area contributed by atoms with E-state index < -0.39 is 0 Å². The molecule has 124 valence electrons. The second-order valence-corrected chi connectivity index (χ2v) is 6.01. The minimum atomic E-state index is 0.0593. The Balaban J connectivity index is 1.51. The summed E-state index contributed by atoms with van der Waals surface area (Å²) in [6, 6.07) is 20.5. The molecule has 0 saturated heterocycles. The highest BCUT2D eigenvalue weighted by molar-refractivity contribution is 5.92. The number of rotatable bonds is 5. The normalized spacial score (nSPS) is 10.9. The zero-order chi connectivity index (χ0) is 17.1. The molecule has 3 N–H and O–H groups in total. The Hall–Kier alpha value is -3.11. The van der Waals surface area contributed by atoms with Crippen LogP contribution in [0.4, 0.5) is 5.69 Å². The predicted molar refractivity (Wildman–Crippen MR) is 101 cm³/mol. The van der Waals surface area contributed by atoms with Crippen molar-refractivity contribution in [3.05, 3.63) is 84.2 Å². The predicted octanol–water partition coefficient (Wildman–Crippen LogP) is 4.33. The van der Waals surface area contributed by atoms with E-state index in [9.17, 15) is 5.11 Å². The third-order valence-corrected chi connectivity index (χ3v) is 4.33. The number of fused-ring (bicyclic) bond motifs is 1. The Labute approximate surface area is 146 Å². The third-order valence-electron chi connectivity index (χ3n) is 4.33. The summed E-state index contributed by atoms with van der Waals surface area (Å²) in [7, 11) is 0. The quantitative estimate of drug-likeness (QED) is 0.510. The van der Waals surface area contributed by atoms with Gasteiger partial charge in [0, 0.05) is 30.0 Å². The van der Waals surface area contributed by atoms with E-state index in [1.807, 2.05) is 42.7 Å². The molecular weight excluding hydrogens is 310 g/mol. The molecule has 4 rings (SSSR count). The first kappa shape index (κ1) is 15.4. The topological polar surface area (TPSA) is 60.9 Å². The van der Waals surface area contributed by atoms with Crippen LogP contribution in [-0.4, -0.2) is 15.1 Å².